The van der Waals surface area contributed by atoms with Crippen LogP contribution in [0, 0.1) is 0 Å². The third-order valence-electron chi connectivity index (χ3n) is 8.92. The minimum absolute atomic E-state index is 0.0739. The van der Waals surface area contributed by atoms with Crippen molar-refractivity contribution in [1.82, 2.24) is 31.9 Å². The van der Waals surface area contributed by atoms with Crippen molar-refractivity contribution >= 4 is 47.8 Å². The Morgan fingerprint density at radius 3 is 1.09 bits per heavy atom. The highest BCUT2D eigenvalue weighted by Crippen LogP contribution is 2.16. The lowest BCUT2D eigenvalue weighted by molar-refractivity contribution is -0.141. The quantitative estimate of drug-likeness (QED) is 0.0536. The standard InChI is InChI=1S/2C23H35N3O7/c2*1-22(2,3)33-21(31)25-17(14-15-9-11-16(27)12-10-15)19(29)26-23(4,5)20(30)24-13-7-8-18(28)32-6/h2*9-12,17,27H,7-8,13-14H2,1-6H3,(H,24,30)(H,25,31)(H,26,29)/t2*17-/m00/s1. The molecule has 0 spiro atoms. The topological polar surface area (TPSA) is 286 Å². The van der Waals surface area contributed by atoms with E-state index in [1.807, 2.05) is 0 Å². The lowest BCUT2D eigenvalue weighted by atomic mass is 10.0. The number of esters is 2. The molecule has 20 nitrogen and oxygen atoms in total. The van der Waals surface area contributed by atoms with E-state index < -0.39 is 70.2 Å². The molecular weight excluding hydrogens is 861 g/mol. The van der Waals surface area contributed by atoms with Crippen LogP contribution < -0.4 is 31.9 Å². The predicted molar refractivity (Wildman–Crippen MR) is 243 cm³/mol. The summed E-state index contributed by atoms with van der Waals surface area (Å²) in [7, 11) is 2.58. The molecule has 20 heteroatoms. The second-order valence-corrected chi connectivity index (χ2v) is 18.2. The zero-order valence-corrected chi connectivity index (χ0v) is 40.2. The summed E-state index contributed by atoms with van der Waals surface area (Å²) < 4.78 is 19.6. The lowest BCUT2D eigenvalue weighted by Gasteiger charge is -2.29. The normalized spacial score (nSPS) is 12.3. The molecule has 0 aliphatic heterocycles. The Morgan fingerprint density at radius 1 is 0.515 bits per heavy atom. The zero-order valence-electron chi connectivity index (χ0n) is 40.2. The van der Waals surface area contributed by atoms with Gasteiger partial charge in [-0.1, -0.05) is 24.3 Å². The minimum atomic E-state index is -1.29. The molecule has 0 aliphatic rings. The van der Waals surface area contributed by atoms with E-state index in [9.17, 15) is 48.6 Å². The van der Waals surface area contributed by atoms with Crippen molar-refractivity contribution in [2.75, 3.05) is 27.3 Å². The number of aromatic hydroxyl groups is 2. The third-order valence-corrected chi connectivity index (χ3v) is 8.92. The van der Waals surface area contributed by atoms with Gasteiger partial charge in [-0.3, -0.25) is 28.8 Å². The van der Waals surface area contributed by atoms with E-state index in [4.69, 9.17) is 9.47 Å². The van der Waals surface area contributed by atoms with Crippen LogP contribution in [0.15, 0.2) is 48.5 Å². The fraction of sp³-hybridized carbons (Fsp3) is 0.565. The molecule has 2 aromatic rings. The summed E-state index contributed by atoms with van der Waals surface area (Å²) in [5.74, 6) is -2.64. The maximum Gasteiger partial charge on any atom is 0.408 e. The lowest BCUT2D eigenvalue weighted by Crippen LogP contribution is -2.59. The molecule has 66 heavy (non-hydrogen) atoms. The number of rotatable bonds is 20. The first-order chi connectivity index (χ1) is 30.5. The van der Waals surface area contributed by atoms with Crippen molar-refractivity contribution in [3.8, 4) is 11.5 Å². The van der Waals surface area contributed by atoms with Gasteiger partial charge in [0.2, 0.25) is 23.6 Å². The monoisotopic (exact) mass is 930 g/mol. The van der Waals surface area contributed by atoms with Gasteiger partial charge in [-0.2, -0.15) is 0 Å². The molecule has 0 aromatic heterocycles. The second-order valence-electron chi connectivity index (χ2n) is 18.2. The minimum Gasteiger partial charge on any atom is -0.508 e. The number of benzene rings is 2. The summed E-state index contributed by atoms with van der Waals surface area (Å²) in [6, 6.07) is 10.4. The van der Waals surface area contributed by atoms with Crippen LogP contribution in [-0.4, -0.2) is 120 Å². The summed E-state index contributed by atoms with van der Waals surface area (Å²) in [5.41, 5.74) is -2.71. The highest BCUT2D eigenvalue weighted by atomic mass is 16.6. The van der Waals surface area contributed by atoms with E-state index in [0.29, 0.717) is 24.0 Å². The molecule has 2 rings (SSSR count). The van der Waals surface area contributed by atoms with Gasteiger partial charge < -0.3 is 61.1 Å². The Kier molecular flexibility index (Phi) is 23.0. The van der Waals surface area contributed by atoms with Crippen LogP contribution in [0.5, 0.6) is 11.5 Å². The van der Waals surface area contributed by atoms with Gasteiger partial charge in [0.25, 0.3) is 0 Å². The molecule has 2 atom stereocenters. The van der Waals surface area contributed by atoms with Gasteiger partial charge in [-0.15, -0.1) is 0 Å². The van der Waals surface area contributed by atoms with E-state index in [1.165, 1.54) is 66.2 Å². The molecule has 0 fully saturated rings. The first-order valence-corrected chi connectivity index (χ1v) is 21.4. The van der Waals surface area contributed by atoms with Crippen molar-refractivity contribution in [2.45, 2.75) is 142 Å². The molecule has 0 unspecified atom stereocenters. The Hall–Kier alpha value is -6.60. The first-order valence-electron chi connectivity index (χ1n) is 21.4. The van der Waals surface area contributed by atoms with Crippen molar-refractivity contribution in [3.63, 3.8) is 0 Å². The number of carbonyl (C=O) groups excluding carboxylic acids is 8. The zero-order chi connectivity index (χ0) is 50.5. The Balaban J connectivity index is 0.000000660. The SMILES string of the molecule is COC(=O)CCCNC(=O)C(C)(C)NC(=O)[C@H](Cc1ccc(O)cc1)NC(=O)OC(C)(C)C.COC(=O)CCCNC(=O)C(C)(C)NC(=O)[C@H](Cc1ccc(O)cc1)NC(=O)OC(C)(C)C. The molecule has 0 aliphatic carbocycles. The Bertz CT molecular complexity index is 1800. The molecule has 8 N–H and O–H groups in total. The van der Waals surface area contributed by atoms with Crippen molar-refractivity contribution in [1.29, 1.82) is 0 Å². The third kappa shape index (κ3) is 23.9. The number of amides is 6. The summed E-state index contributed by atoms with van der Waals surface area (Å²) in [6.45, 7) is 16.8. The van der Waals surface area contributed by atoms with Gasteiger partial charge in [-0.25, -0.2) is 9.59 Å². The van der Waals surface area contributed by atoms with E-state index in [0.717, 1.165) is 0 Å². The number of alkyl carbamates (subject to hydrolysis) is 2. The molecule has 0 saturated heterocycles. The largest absolute Gasteiger partial charge is 0.508 e. The van der Waals surface area contributed by atoms with Crippen LogP contribution in [0.4, 0.5) is 9.59 Å². The molecule has 368 valence electrons. The Labute approximate surface area is 387 Å². The molecule has 0 radical (unpaired) electrons. The average Bonchev–Trinajstić information content (AvgIpc) is 3.20. The van der Waals surface area contributed by atoms with Crippen molar-refractivity contribution in [3.05, 3.63) is 59.7 Å². The van der Waals surface area contributed by atoms with Crippen LogP contribution in [0.3, 0.4) is 0 Å². The maximum atomic E-state index is 13.0. The molecule has 2 aromatic carbocycles. The van der Waals surface area contributed by atoms with Crippen LogP contribution >= 0.6 is 0 Å². The predicted octanol–water partition coefficient (Wildman–Crippen LogP) is 3.58. The van der Waals surface area contributed by atoms with E-state index in [-0.39, 0.29) is 62.2 Å². The summed E-state index contributed by atoms with van der Waals surface area (Å²) in [4.78, 5) is 98.1. The van der Waals surface area contributed by atoms with Crippen LogP contribution in [0.2, 0.25) is 0 Å². The summed E-state index contributed by atoms with van der Waals surface area (Å²) in [5, 5.41) is 34.7. The van der Waals surface area contributed by atoms with Crippen LogP contribution in [0.1, 0.15) is 106 Å². The number of ether oxygens (including phenoxy) is 4. The second kappa shape index (κ2) is 26.4. The van der Waals surface area contributed by atoms with E-state index in [1.54, 1.807) is 65.8 Å². The number of methoxy groups -OCH3 is 2. The molecule has 0 saturated carbocycles. The van der Waals surface area contributed by atoms with E-state index in [2.05, 4.69) is 41.4 Å². The number of nitrogens with one attached hydrogen (secondary N) is 6. The fourth-order valence-corrected chi connectivity index (χ4v) is 5.47. The van der Waals surface area contributed by atoms with Gasteiger partial charge in [0.1, 0.15) is 45.9 Å². The summed E-state index contributed by atoms with van der Waals surface area (Å²) in [6.07, 6.45) is -0.198. The first kappa shape index (κ1) is 57.4. The number of hydrogen-bond acceptors (Lipinski definition) is 14. The fourth-order valence-electron chi connectivity index (χ4n) is 5.47. The smallest absolute Gasteiger partial charge is 0.408 e. The van der Waals surface area contributed by atoms with Crippen molar-refractivity contribution in [2.24, 2.45) is 0 Å². The number of hydrogen-bond donors (Lipinski definition) is 8. The highest BCUT2D eigenvalue weighted by molar-refractivity contribution is 5.94. The summed E-state index contributed by atoms with van der Waals surface area (Å²) >= 11 is 0. The van der Waals surface area contributed by atoms with Gasteiger partial charge in [0.05, 0.1) is 14.2 Å². The average molecular weight is 931 g/mol. The van der Waals surface area contributed by atoms with Gasteiger partial charge >= 0.3 is 24.1 Å². The number of phenols is 2. The van der Waals surface area contributed by atoms with Gasteiger partial charge in [0.15, 0.2) is 0 Å². The van der Waals surface area contributed by atoms with Crippen LogP contribution in [-0.2, 0) is 60.6 Å². The number of carbonyl (C=O) groups is 8. The molecule has 6 amide bonds. The van der Waals surface area contributed by atoms with Gasteiger partial charge in [0, 0.05) is 38.8 Å². The molecule has 0 heterocycles. The van der Waals surface area contributed by atoms with Crippen LogP contribution in [0.25, 0.3) is 0 Å². The highest BCUT2D eigenvalue weighted by Gasteiger charge is 2.35. The number of phenolic OH excluding ortho intramolecular Hbond substituents is 2. The molecular formula is C46H70N6O14. The Morgan fingerprint density at radius 2 is 0.818 bits per heavy atom. The van der Waals surface area contributed by atoms with Crippen molar-refractivity contribution < 1.29 is 67.5 Å². The van der Waals surface area contributed by atoms with E-state index >= 15 is 0 Å². The maximum absolute atomic E-state index is 13.0. The molecule has 0 bridgehead atoms. The van der Waals surface area contributed by atoms with Gasteiger partial charge in [-0.05, 0) is 117 Å².